The number of hydrogen-bond acceptors (Lipinski definition) is 3. The molecule has 6 heteroatoms. The molecule has 22 heavy (non-hydrogen) atoms. The Morgan fingerprint density at radius 2 is 1.68 bits per heavy atom. The minimum absolute atomic E-state index is 0.132. The number of benzene rings is 1. The standard InChI is InChI=1S/C16H21FN2O3/c17-12-6-8-14(9-7-12)19-16(21)11-22-10-15(20)18-13-4-2-1-3-5-13/h6-9,13H,1-5,10-11H2,(H,18,20)(H,19,21). The number of anilines is 1. The first-order valence-electron chi connectivity index (χ1n) is 7.56. The molecule has 5 nitrogen and oxygen atoms in total. The van der Waals surface area contributed by atoms with Gasteiger partial charge in [0.15, 0.2) is 0 Å². The molecule has 0 heterocycles. The molecule has 1 aliphatic rings. The van der Waals surface area contributed by atoms with Crippen molar-refractivity contribution in [3.8, 4) is 0 Å². The number of rotatable bonds is 6. The van der Waals surface area contributed by atoms with Gasteiger partial charge in [-0.1, -0.05) is 19.3 Å². The highest BCUT2D eigenvalue weighted by atomic mass is 19.1. The van der Waals surface area contributed by atoms with Crippen molar-refractivity contribution in [1.29, 1.82) is 0 Å². The van der Waals surface area contributed by atoms with E-state index in [4.69, 9.17) is 4.74 Å². The molecule has 1 aromatic carbocycles. The lowest BCUT2D eigenvalue weighted by atomic mass is 9.95. The summed E-state index contributed by atoms with van der Waals surface area (Å²) in [6.45, 7) is -0.344. The van der Waals surface area contributed by atoms with Crippen molar-refractivity contribution < 1.29 is 18.7 Å². The Labute approximate surface area is 129 Å². The maximum atomic E-state index is 12.7. The molecule has 2 rings (SSSR count). The Hall–Kier alpha value is -1.95. The van der Waals surface area contributed by atoms with Gasteiger partial charge < -0.3 is 15.4 Å². The lowest BCUT2D eigenvalue weighted by Crippen LogP contribution is -2.38. The summed E-state index contributed by atoms with van der Waals surface area (Å²) in [5.41, 5.74) is 0.488. The quantitative estimate of drug-likeness (QED) is 0.847. The zero-order valence-corrected chi connectivity index (χ0v) is 12.4. The normalized spacial score (nSPS) is 15.3. The van der Waals surface area contributed by atoms with Gasteiger partial charge in [0, 0.05) is 11.7 Å². The first-order valence-corrected chi connectivity index (χ1v) is 7.56. The van der Waals surface area contributed by atoms with Crippen LogP contribution < -0.4 is 10.6 Å². The van der Waals surface area contributed by atoms with E-state index in [2.05, 4.69) is 10.6 Å². The zero-order valence-electron chi connectivity index (χ0n) is 12.4. The molecule has 1 aliphatic carbocycles. The summed E-state index contributed by atoms with van der Waals surface area (Å²) in [4.78, 5) is 23.3. The maximum Gasteiger partial charge on any atom is 0.250 e. The fourth-order valence-corrected chi connectivity index (χ4v) is 2.48. The van der Waals surface area contributed by atoms with Crippen LogP contribution in [-0.2, 0) is 14.3 Å². The van der Waals surface area contributed by atoms with Crippen LogP contribution in [0.15, 0.2) is 24.3 Å². The van der Waals surface area contributed by atoms with Crippen molar-refractivity contribution in [2.45, 2.75) is 38.1 Å². The summed E-state index contributed by atoms with van der Waals surface area (Å²) in [6.07, 6.45) is 5.54. The van der Waals surface area contributed by atoms with Gasteiger partial charge >= 0.3 is 0 Å². The SMILES string of the molecule is O=C(COCC(=O)NC1CCCCC1)Nc1ccc(F)cc1. The van der Waals surface area contributed by atoms with E-state index in [0.717, 1.165) is 25.7 Å². The average molecular weight is 308 g/mol. The largest absolute Gasteiger partial charge is 0.362 e. The maximum absolute atomic E-state index is 12.7. The van der Waals surface area contributed by atoms with Gasteiger partial charge in [-0.05, 0) is 37.1 Å². The third-order valence-electron chi connectivity index (χ3n) is 3.56. The van der Waals surface area contributed by atoms with E-state index in [1.807, 2.05) is 0 Å². The highest BCUT2D eigenvalue weighted by molar-refractivity contribution is 5.91. The van der Waals surface area contributed by atoms with Gasteiger partial charge in [0.2, 0.25) is 11.8 Å². The number of carbonyl (C=O) groups is 2. The summed E-state index contributed by atoms with van der Waals surface area (Å²) < 4.78 is 17.8. The summed E-state index contributed by atoms with van der Waals surface area (Å²) in [6, 6.07) is 5.67. The summed E-state index contributed by atoms with van der Waals surface area (Å²) in [5, 5.41) is 5.47. The van der Waals surface area contributed by atoms with E-state index in [1.54, 1.807) is 0 Å². The smallest absolute Gasteiger partial charge is 0.250 e. The van der Waals surface area contributed by atoms with Crippen LogP contribution >= 0.6 is 0 Å². The molecule has 0 saturated heterocycles. The van der Waals surface area contributed by atoms with E-state index in [0.29, 0.717) is 5.69 Å². The second kappa shape index (κ2) is 8.48. The molecule has 0 aliphatic heterocycles. The Kier molecular flexibility index (Phi) is 6.33. The predicted octanol–water partition coefficient (Wildman–Crippen LogP) is 2.23. The number of hydrogen-bond donors (Lipinski definition) is 2. The third-order valence-corrected chi connectivity index (χ3v) is 3.56. The number of amides is 2. The van der Waals surface area contributed by atoms with Crippen molar-refractivity contribution >= 4 is 17.5 Å². The summed E-state index contributed by atoms with van der Waals surface area (Å²) in [7, 11) is 0. The molecule has 2 N–H and O–H groups in total. The first-order chi connectivity index (χ1) is 10.6. The van der Waals surface area contributed by atoms with Crippen LogP contribution in [0.3, 0.4) is 0 Å². The van der Waals surface area contributed by atoms with Crippen molar-refractivity contribution in [3.05, 3.63) is 30.1 Å². The Morgan fingerprint density at radius 3 is 2.36 bits per heavy atom. The molecule has 1 saturated carbocycles. The molecule has 0 spiro atoms. The van der Waals surface area contributed by atoms with Gasteiger partial charge in [0.05, 0.1) is 0 Å². The minimum atomic E-state index is -0.378. The molecule has 0 atom stereocenters. The zero-order chi connectivity index (χ0) is 15.8. The Bertz CT molecular complexity index is 499. The Morgan fingerprint density at radius 1 is 1.05 bits per heavy atom. The van der Waals surface area contributed by atoms with Crippen LogP contribution in [-0.4, -0.2) is 31.1 Å². The molecular weight excluding hydrogens is 287 g/mol. The number of ether oxygens (including phenoxy) is 1. The highest BCUT2D eigenvalue weighted by Gasteiger charge is 2.15. The molecule has 1 fully saturated rings. The van der Waals surface area contributed by atoms with E-state index in [9.17, 15) is 14.0 Å². The van der Waals surface area contributed by atoms with E-state index in [1.165, 1.54) is 30.7 Å². The molecular formula is C16H21FN2O3. The van der Waals surface area contributed by atoms with Crippen LogP contribution in [0.5, 0.6) is 0 Å². The van der Waals surface area contributed by atoms with Crippen molar-refractivity contribution in [2.75, 3.05) is 18.5 Å². The molecule has 0 aromatic heterocycles. The number of halogens is 1. The molecule has 2 amide bonds. The van der Waals surface area contributed by atoms with Gasteiger partial charge in [0.1, 0.15) is 19.0 Å². The van der Waals surface area contributed by atoms with Crippen LogP contribution in [0.25, 0.3) is 0 Å². The van der Waals surface area contributed by atoms with Gasteiger partial charge in [0.25, 0.3) is 0 Å². The number of nitrogens with one attached hydrogen (secondary N) is 2. The number of carbonyl (C=O) groups excluding carboxylic acids is 2. The van der Waals surface area contributed by atoms with Crippen molar-refractivity contribution in [3.63, 3.8) is 0 Å². The van der Waals surface area contributed by atoms with Crippen molar-refractivity contribution in [1.82, 2.24) is 5.32 Å². The van der Waals surface area contributed by atoms with Crippen LogP contribution in [0.2, 0.25) is 0 Å². The Balaban J connectivity index is 1.61. The highest BCUT2D eigenvalue weighted by Crippen LogP contribution is 2.17. The molecule has 0 bridgehead atoms. The van der Waals surface area contributed by atoms with E-state index in [-0.39, 0.29) is 36.9 Å². The van der Waals surface area contributed by atoms with Gasteiger partial charge in [-0.15, -0.1) is 0 Å². The molecule has 1 aromatic rings. The first kappa shape index (κ1) is 16.4. The van der Waals surface area contributed by atoms with Crippen LogP contribution in [0.4, 0.5) is 10.1 Å². The lowest BCUT2D eigenvalue weighted by Gasteiger charge is -2.22. The predicted molar refractivity (Wildman–Crippen MR) is 80.9 cm³/mol. The fourth-order valence-electron chi connectivity index (χ4n) is 2.48. The fraction of sp³-hybridized carbons (Fsp3) is 0.500. The van der Waals surface area contributed by atoms with Crippen molar-refractivity contribution in [2.24, 2.45) is 0 Å². The van der Waals surface area contributed by atoms with Gasteiger partial charge in [-0.3, -0.25) is 9.59 Å². The van der Waals surface area contributed by atoms with Crippen LogP contribution in [0, 0.1) is 5.82 Å². The summed E-state index contributed by atoms with van der Waals surface area (Å²) >= 11 is 0. The van der Waals surface area contributed by atoms with E-state index < -0.39 is 0 Å². The minimum Gasteiger partial charge on any atom is -0.362 e. The monoisotopic (exact) mass is 308 g/mol. The van der Waals surface area contributed by atoms with Crippen LogP contribution in [0.1, 0.15) is 32.1 Å². The van der Waals surface area contributed by atoms with E-state index >= 15 is 0 Å². The second-order valence-corrected chi connectivity index (χ2v) is 5.45. The van der Waals surface area contributed by atoms with Gasteiger partial charge in [-0.2, -0.15) is 0 Å². The molecule has 0 radical (unpaired) electrons. The summed E-state index contributed by atoms with van der Waals surface area (Å²) in [5.74, 6) is -0.938. The lowest BCUT2D eigenvalue weighted by molar-refractivity contribution is -0.129. The average Bonchev–Trinajstić information content (AvgIpc) is 2.50. The molecule has 0 unspecified atom stereocenters. The third kappa shape index (κ3) is 5.81. The second-order valence-electron chi connectivity index (χ2n) is 5.45. The molecule has 120 valence electrons. The van der Waals surface area contributed by atoms with Gasteiger partial charge in [-0.25, -0.2) is 4.39 Å². The topological polar surface area (TPSA) is 67.4 Å².